The van der Waals surface area contributed by atoms with E-state index in [1.807, 2.05) is 0 Å². The van der Waals surface area contributed by atoms with E-state index in [0.29, 0.717) is 11.3 Å². The minimum Gasteiger partial charge on any atom is -0.0602 e. The van der Waals surface area contributed by atoms with Crippen LogP contribution in [0.3, 0.4) is 0 Å². The molecular weight excluding hydrogens is 180 g/mol. The molecule has 0 aliphatic carbocycles. The monoisotopic (exact) mass is 204 g/mol. The molecular formula is C15H24. The third kappa shape index (κ3) is 4.51. The zero-order valence-corrected chi connectivity index (χ0v) is 10.8. The van der Waals surface area contributed by atoms with Crippen LogP contribution < -0.4 is 0 Å². The second-order valence-corrected chi connectivity index (χ2v) is 5.91. The number of hydrogen-bond acceptors (Lipinski definition) is 0. The minimum atomic E-state index is 0.457. The van der Waals surface area contributed by atoms with Crippen molar-refractivity contribution in [1.82, 2.24) is 0 Å². The summed E-state index contributed by atoms with van der Waals surface area (Å²) in [5.41, 5.74) is 3.28. The summed E-state index contributed by atoms with van der Waals surface area (Å²) in [6, 6.07) is 8.96. The standard InChI is InChI=1S/C15H24/c1-12-6-8-14(9-7-12)13(2)10-11-15(3,4)5/h6-9,13H,10-11H2,1-5H3. The maximum Gasteiger partial charge on any atom is -0.0190 e. The Morgan fingerprint density at radius 2 is 1.60 bits per heavy atom. The summed E-state index contributed by atoms with van der Waals surface area (Å²) >= 11 is 0. The summed E-state index contributed by atoms with van der Waals surface area (Å²) in [4.78, 5) is 0. The van der Waals surface area contributed by atoms with E-state index in [9.17, 15) is 0 Å². The van der Waals surface area contributed by atoms with E-state index in [2.05, 4.69) is 58.9 Å². The average Bonchev–Trinajstić information content (AvgIpc) is 2.14. The molecule has 84 valence electrons. The third-order valence-electron chi connectivity index (χ3n) is 2.97. The van der Waals surface area contributed by atoms with E-state index in [1.54, 1.807) is 0 Å². The molecule has 0 aromatic heterocycles. The maximum atomic E-state index is 2.33. The zero-order chi connectivity index (χ0) is 11.5. The van der Waals surface area contributed by atoms with Crippen LogP contribution >= 0.6 is 0 Å². The lowest BCUT2D eigenvalue weighted by molar-refractivity contribution is 0.352. The van der Waals surface area contributed by atoms with Crippen molar-refractivity contribution in [2.75, 3.05) is 0 Å². The van der Waals surface area contributed by atoms with Gasteiger partial charge >= 0.3 is 0 Å². The quantitative estimate of drug-likeness (QED) is 0.655. The van der Waals surface area contributed by atoms with E-state index < -0.39 is 0 Å². The van der Waals surface area contributed by atoms with Gasteiger partial charge < -0.3 is 0 Å². The van der Waals surface area contributed by atoms with Crippen molar-refractivity contribution in [3.8, 4) is 0 Å². The molecule has 0 saturated heterocycles. The Morgan fingerprint density at radius 3 is 2.07 bits per heavy atom. The fourth-order valence-corrected chi connectivity index (χ4v) is 1.71. The molecule has 0 bridgehead atoms. The molecule has 0 N–H and O–H groups in total. The van der Waals surface area contributed by atoms with Gasteiger partial charge in [-0.05, 0) is 36.7 Å². The lowest BCUT2D eigenvalue weighted by Crippen LogP contribution is -2.06. The Balaban J connectivity index is 2.54. The number of aryl methyl sites for hydroxylation is 1. The molecule has 0 fully saturated rings. The maximum absolute atomic E-state index is 2.33. The molecule has 15 heavy (non-hydrogen) atoms. The predicted molar refractivity (Wildman–Crippen MR) is 68.3 cm³/mol. The van der Waals surface area contributed by atoms with Gasteiger partial charge in [0, 0.05) is 0 Å². The average molecular weight is 204 g/mol. The van der Waals surface area contributed by atoms with Crippen molar-refractivity contribution < 1.29 is 0 Å². The molecule has 1 atom stereocenters. The Labute approximate surface area is 94.7 Å². The highest BCUT2D eigenvalue weighted by molar-refractivity contribution is 5.23. The van der Waals surface area contributed by atoms with Gasteiger partial charge in [0.15, 0.2) is 0 Å². The van der Waals surface area contributed by atoms with Gasteiger partial charge in [-0.2, -0.15) is 0 Å². The van der Waals surface area contributed by atoms with Crippen LogP contribution in [0.15, 0.2) is 24.3 Å². The second-order valence-electron chi connectivity index (χ2n) is 5.91. The molecule has 1 aromatic carbocycles. The zero-order valence-electron chi connectivity index (χ0n) is 10.8. The summed E-state index contributed by atoms with van der Waals surface area (Å²) in [6.45, 7) is 11.4. The summed E-state index contributed by atoms with van der Waals surface area (Å²) in [5, 5.41) is 0. The van der Waals surface area contributed by atoms with Crippen molar-refractivity contribution in [3.05, 3.63) is 35.4 Å². The van der Waals surface area contributed by atoms with E-state index >= 15 is 0 Å². The van der Waals surface area contributed by atoms with E-state index in [0.717, 1.165) is 0 Å². The van der Waals surface area contributed by atoms with Crippen LogP contribution in [0.4, 0.5) is 0 Å². The summed E-state index contributed by atoms with van der Waals surface area (Å²) in [5.74, 6) is 0.685. The highest BCUT2D eigenvalue weighted by atomic mass is 14.2. The summed E-state index contributed by atoms with van der Waals surface area (Å²) in [7, 11) is 0. The SMILES string of the molecule is Cc1ccc(C(C)CCC(C)(C)C)cc1. The first-order valence-corrected chi connectivity index (χ1v) is 5.95. The third-order valence-corrected chi connectivity index (χ3v) is 2.97. The van der Waals surface area contributed by atoms with Gasteiger partial charge in [0.05, 0.1) is 0 Å². The van der Waals surface area contributed by atoms with E-state index in [-0.39, 0.29) is 0 Å². The molecule has 0 heteroatoms. The van der Waals surface area contributed by atoms with Gasteiger partial charge in [-0.15, -0.1) is 0 Å². The first-order chi connectivity index (χ1) is 6.88. The molecule has 1 unspecified atom stereocenters. The Morgan fingerprint density at radius 1 is 1.07 bits per heavy atom. The normalized spacial score (nSPS) is 13.9. The topological polar surface area (TPSA) is 0 Å². The van der Waals surface area contributed by atoms with Crippen LogP contribution in [0.1, 0.15) is 57.6 Å². The predicted octanol–water partition coefficient (Wildman–Crippen LogP) is 4.92. The molecule has 0 aliphatic heterocycles. The van der Waals surface area contributed by atoms with Crippen LogP contribution in [0.5, 0.6) is 0 Å². The van der Waals surface area contributed by atoms with Crippen molar-refractivity contribution in [3.63, 3.8) is 0 Å². The Bertz CT molecular complexity index is 287. The molecule has 0 amide bonds. The second kappa shape index (κ2) is 4.83. The molecule has 0 radical (unpaired) electrons. The molecule has 0 aliphatic rings. The van der Waals surface area contributed by atoms with Gasteiger partial charge in [-0.25, -0.2) is 0 Å². The van der Waals surface area contributed by atoms with Crippen LogP contribution in [0, 0.1) is 12.3 Å². The fourth-order valence-electron chi connectivity index (χ4n) is 1.71. The lowest BCUT2D eigenvalue weighted by atomic mass is 9.85. The molecule has 0 saturated carbocycles. The van der Waals surface area contributed by atoms with E-state index in [1.165, 1.54) is 24.0 Å². The number of rotatable bonds is 3. The number of hydrogen-bond donors (Lipinski definition) is 0. The largest absolute Gasteiger partial charge is 0.0602 e. The van der Waals surface area contributed by atoms with Crippen molar-refractivity contribution in [2.45, 2.75) is 53.4 Å². The Kier molecular flexibility index (Phi) is 3.96. The van der Waals surface area contributed by atoms with Crippen LogP contribution in [-0.4, -0.2) is 0 Å². The number of benzene rings is 1. The molecule has 1 aromatic rings. The lowest BCUT2D eigenvalue weighted by Gasteiger charge is -2.21. The van der Waals surface area contributed by atoms with E-state index in [4.69, 9.17) is 0 Å². The molecule has 0 nitrogen and oxygen atoms in total. The van der Waals surface area contributed by atoms with Crippen molar-refractivity contribution in [1.29, 1.82) is 0 Å². The molecule has 1 rings (SSSR count). The highest BCUT2D eigenvalue weighted by Crippen LogP contribution is 2.28. The Hall–Kier alpha value is -0.780. The smallest absolute Gasteiger partial charge is 0.0190 e. The summed E-state index contributed by atoms with van der Waals surface area (Å²) in [6.07, 6.45) is 2.58. The van der Waals surface area contributed by atoms with Gasteiger partial charge in [-0.3, -0.25) is 0 Å². The van der Waals surface area contributed by atoms with Gasteiger partial charge in [0.25, 0.3) is 0 Å². The molecule has 0 heterocycles. The fraction of sp³-hybridized carbons (Fsp3) is 0.600. The first-order valence-electron chi connectivity index (χ1n) is 5.95. The first kappa shape index (κ1) is 12.3. The van der Waals surface area contributed by atoms with Crippen LogP contribution in [0.25, 0.3) is 0 Å². The van der Waals surface area contributed by atoms with Gasteiger partial charge in [0.2, 0.25) is 0 Å². The highest BCUT2D eigenvalue weighted by Gasteiger charge is 2.13. The van der Waals surface area contributed by atoms with Gasteiger partial charge in [-0.1, -0.05) is 57.5 Å². The summed E-state index contributed by atoms with van der Waals surface area (Å²) < 4.78 is 0. The van der Waals surface area contributed by atoms with Gasteiger partial charge in [0.1, 0.15) is 0 Å². The minimum absolute atomic E-state index is 0.457. The van der Waals surface area contributed by atoms with Crippen molar-refractivity contribution >= 4 is 0 Å². The molecule has 0 spiro atoms. The van der Waals surface area contributed by atoms with Crippen LogP contribution in [0.2, 0.25) is 0 Å². The van der Waals surface area contributed by atoms with Crippen LogP contribution in [-0.2, 0) is 0 Å². The van der Waals surface area contributed by atoms with Crippen molar-refractivity contribution in [2.24, 2.45) is 5.41 Å².